The van der Waals surface area contributed by atoms with Gasteiger partial charge in [0, 0.05) is 13.0 Å². The van der Waals surface area contributed by atoms with E-state index in [0.717, 1.165) is 11.1 Å². The molecule has 0 rings (SSSR count). The van der Waals surface area contributed by atoms with Crippen LogP contribution in [0.15, 0.2) is 11.1 Å². The van der Waals surface area contributed by atoms with Gasteiger partial charge >= 0.3 is 0 Å². The highest BCUT2D eigenvalue weighted by Gasteiger charge is 2.04. The van der Waals surface area contributed by atoms with Crippen molar-refractivity contribution < 1.29 is 9.90 Å². The zero-order valence-electron chi connectivity index (χ0n) is 7.48. The summed E-state index contributed by atoms with van der Waals surface area (Å²) in [5.74, 6) is 0.152. The summed E-state index contributed by atoms with van der Waals surface area (Å²) >= 11 is 0. The highest BCUT2D eigenvalue weighted by Crippen LogP contribution is 2.06. The van der Waals surface area contributed by atoms with Gasteiger partial charge in [0.15, 0.2) is 5.78 Å². The van der Waals surface area contributed by atoms with Crippen molar-refractivity contribution in [2.75, 3.05) is 6.61 Å². The van der Waals surface area contributed by atoms with Crippen molar-refractivity contribution in [3.8, 4) is 0 Å². The summed E-state index contributed by atoms with van der Waals surface area (Å²) in [5, 5.41) is 8.47. The molecule has 0 saturated heterocycles. The van der Waals surface area contributed by atoms with Crippen LogP contribution in [0.2, 0.25) is 0 Å². The second kappa shape index (κ2) is 5.08. The Morgan fingerprint density at radius 1 is 1.27 bits per heavy atom. The molecule has 0 heterocycles. The van der Waals surface area contributed by atoms with E-state index in [1.165, 1.54) is 0 Å². The summed E-state index contributed by atoms with van der Waals surface area (Å²) in [6.07, 6.45) is 1.04. The van der Waals surface area contributed by atoms with Gasteiger partial charge in [-0.25, -0.2) is 0 Å². The molecule has 0 atom stereocenters. The maximum atomic E-state index is 11.2. The molecular formula is C9H16O2. The third kappa shape index (κ3) is 3.94. The summed E-state index contributed by atoms with van der Waals surface area (Å²) in [5.41, 5.74) is 1.89. The van der Waals surface area contributed by atoms with Gasteiger partial charge in [0.25, 0.3) is 0 Å². The van der Waals surface area contributed by atoms with Crippen molar-refractivity contribution in [2.45, 2.75) is 33.6 Å². The van der Waals surface area contributed by atoms with Crippen molar-refractivity contribution >= 4 is 5.78 Å². The topological polar surface area (TPSA) is 37.3 Å². The van der Waals surface area contributed by atoms with Crippen LogP contribution in [0.3, 0.4) is 0 Å². The molecule has 64 valence electrons. The second-order valence-corrected chi connectivity index (χ2v) is 2.88. The number of hydrogen-bond acceptors (Lipinski definition) is 2. The van der Waals surface area contributed by atoms with E-state index in [1.807, 2.05) is 20.8 Å². The van der Waals surface area contributed by atoms with E-state index in [1.54, 1.807) is 0 Å². The summed E-state index contributed by atoms with van der Waals surface area (Å²) in [6.45, 7) is 5.77. The van der Waals surface area contributed by atoms with E-state index in [2.05, 4.69) is 0 Å². The molecule has 0 aromatic carbocycles. The van der Waals surface area contributed by atoms with Gasteiger partial charge in [0.05, 0.1) is 0 Å². The molecule has 0 fully saturated rings. The Labute approximate surface area is 67.9 Å². The first-order valence-corrected chi connectivity index (χ1v) is 3.87. The molecule has 2 heteroatoms. The largest absolute Gasteiger partial charge is 0.396 e. The smallest absolute Gasteiger partial charge is 0.158 e. The van der Waals surface area contributed by atoms with Crippen LogP contribution >= 0.6 is 0 Å². The molecule has 0 saturated carbocycles. The van der Waals surface area contributed by atoms with E-state index >= 15 is 0 Å². The van der Waals surface area contributed by atoms with Crippen LogP contribution in [-0.2, 0) is 4.79 Å². The monoisotopic (exact) mass is 156 g/mol. The van der Waals surface area contributed by atoms with Crippen molar-refractivity contribution in [1.82, 2.24) is 0 Å². The standard InChI is InChI=1S/C9H16O2/c1-7(2)8(3)9(11)5-4-6-10/h10H,4-6H2,1-3H3. The number of aliphatic hydroxyl groups excluding tert-OH is 1. The normalized spacial score (nSPS) is 9.45. The lowest BCUT2D eigenvalue weighted by Crippen LogP contribution is -2.02. The molecule has 0 aliphatic heterocycles. The van der Waals surface area contributed by atoms with Crippen molar-refractivity contribution in [3.63, 3.8) is 0 Å². The van der Waals surface area contributed by atoms with Crippen molar-refractivity contribution in [2.24, 2.45) is 0 Å². The van der Waals surface area contributed by atoms with Crippen LogP contribution in [0.1, 0.15) is 33.6 Å². The third-order valence-corrected chi connectivity index (χ3v) is 1.73. The quantitative estimate of drug-likeness (QED) is 0.629. The fraction of sp³-hybridized carbons (Fsp3) is 0.667. The zero-order valence-corrected chi connectivity index (χ0v) is 7.48. The SMILES string of the molecule is CC(C)=C(C)C(=O)CCCO. The van der Waals surface area contributed by atoms with Gasteiger partial charge < -0.3 is 5.11 Å². The predicted octanol–water partition coefficient (Wildman–Crippen LogP) is 1.68. The minimum Gasteiger partial charge on any atom is -0.396 e. The van der Waals surface area contributed by atoms with Crippen LogP contribution in [0.25, 0.3) is 0 Å². The molecule has 0 spiro atoms. The van der Waals surface area contributed by atoms with Gasteiger partial charge in [-0.15, -0.1) is 0 Å². The number of carbonyl (C=O) groups is 1. The number of carbonyl (C=O) groups excluding carboxylic acids is 1. The first-order valence-electron chi connectivity index (χ1n) is 3.87. The Balaban J connectivity index is 3.95. The predicted molar refractivity (Wildman–Crippen MR) is 45.4 cm³/mol. The molecule has 0 aromatic rings. The zero-order chi connectivity index (χ0) is 8.85. The minimum atomic E-state index is 0.0990. The number of hydrogen-bond donors (Lipinski definition) is 1. The van der Waals surface area contributed by atoms with Crippen LogP contribution < -0.4 is 0 Å². The van der Waals surface area contributed by atoms with Crippen LogP contribution in [0.4, 0.5) is 0 Å². The summed E-state index contributed by atoms with van der Waals surface area (Å²) in [7, 11) is 0. The highest BCUT2D eigenvalue weighted by atomic mass is 16.3. The lowest BCUT2D eigenvalue weighted by atomic mass is 10.0. The number of ketones is 1. The number of allylic oxidation sites excluding steroid dienone is 2. The summed E-state index contributed by atoms with van der Waals surface area (Å²) in [6, 6.07) is 0. The molecular weight excluding hydrogens is 140 g/mol. The fourth-order valence-electron chi connectivity index (χ4n) is 0.706. The maximum Gasteiger partial charge on any atom is 0.158 e. The van der Waals surface area contributed by atoms with E-state index in [0.29, 0.717) is 12.8 Å². The Hall–Kier alpha value is -0.630. The molecule has 0 aromatic heterocycles. The van der Waals surface area contributed by atoms with E-state index in [9.17, 15) is 4.79 Å². The third-order valence-electron chi connectivity index (χ3n) is 1.73. The minimum absolute atomic E-state index is 0.0990. The average molecular weight is 156 g/mol. The molecule has 11 heavy (non-hydrogen) atoms. The number of rotatable bonds is 4. The van der Waals surface area contributed by atoms with Gasteiger partial charge in [0.2, 0.25) is 0 Å². The lowest BCUT2D eigenvalue weighted by molar-refractivity contribution is -0.115. The van der Waals surface area contributed by atoms with Gasteiger partial charge in [-0.3, -0.25) is 4.79 Å². The molecule has 1 N–H and O–H groups in total. The molecule has 0 aliphatic rings. The highest BCUT2D eigenvalue weighted by molar-refractivity contribution is 5.95. The lowest BCUT2D eigenvalue weighted by Gasteiger charge is -2.00. The Morgan fingerprint density at radius 3 is 2.18 bits per heavy atom. The molecule has 0 amide bonds. The Bertz CT molecular complexity index is 164. The maximum absolute atomic E-state index is 11.2. The Kier molecular flexibility index (Phi) is 4.79. The van der Waals surface area contributed by atoms with E-state index in [4.69, 9.17) is 5.11 Å². The molecule has 0 aliphatic carbocycles. The summed E-state index contributed by atoms with van der Waals surface area (Å²) in [4.78, 5) is 11.2. The van der Waals surface area contributed by atoms with Gasteiger partial charge in [-0.2, -0.15) is 0 Å². The van der Waals surface area contributed by atoms with Crippen molar-refractivity contribution in [1.29, 1.82) is 0 Å². The summed E-state index contributed by atoms with van der Waals surface area (Å²) < 4.78 is 0. The van der Waals surface area contributed by atoms with Crippen LogP contribution in [-0.4, -0.2) is 17.5 Å². The van der Waals surface area contributed by atoms with Crippen molar-refractivity contribution in [3.05, 3.63) is 11.1 Å². The van der Waals surface area contributed by atoms with E-state index in [-0.39, 0.29) is 12.4 Å². The molecule has 0 unspecified atom stereocenters. The number of Topliss-reactive ketones (excluding diaryl/α,β-unsaturated/α-hetero) is 1. The van der Waals surface area contributed by atoms with Crippen LogP contribution in [0.5, 0.6) is 0 Å². The average Bonchev–Trinajstić information content (AvgIpc) is 1.98. The van der Waals surface area contributed by atoms with Gasteiger partial charge in [-0.05, 0) is 32.8 Å². The molecule has 0 radical (unpaired) electrons. The van der Waals surface area contributed by atoms with E-state index < -0.39 is 0 Å². The van der Waals surface area contributed by atoms with Gasteiger partial charge in [-0.1, -0.05) is 5.57 Å². The van der Waals surface area contributed by atoms with Crippen LogP contribution in [0, 0.1) is 0 Å². The first-order chi connectivity index (χ1) is 5.09. The molecule has 2 nitrogen and oxygen atoms in total. The fourth-order valence-corrected chi connectivity index (χ4v) is 0.706. The first kappa shape index (κ1) is 10.4. The second-order valence-electron chi connectivity index (χ2n) is 2.88. The Morgan fingerprint density at radius 2 is 1.82 bits per heavy atom. The molecule has 0 bridgehead atoms. The number of aliphatic hydroxyl groups is 1. The van der Waals surface area contributed by atoms with Gasteiger partial charge in [0.1, 0.15) is 0 Å².